The minimum atomic E-state index is -0.539. The molecule has 22 heavy (non-hydrogen) atoms. The lowest BCUT2D eigenvalue weighted by atomic mass is 10.2. The maximum absolute atomic E-state index is 11.8. The Morgan fingerprint density at radius 3 is 2.68 bits per heavy atom. The van der Waals surface area contributed by atoms with Gasteiger partial charge in [-0.25, -0.2) is 9.78 Å². The Balaban J connectivity index is 2.34. The Morgan fingerprint density at radius 2 is 2.05 bits per heavy atom. The molecule has 114 valence electrons. The summed E-state index contributed by atoms with van der Waals surface area (Å²) in [5.41, 5.74) is 1.38. The Labute approximate surface area is 131 Å². The lowest BCUT2D eigenvalue weighted by molar-refractivity contribution is 0.0559. The highest BCUT2D eigenvalue weighted by Gasteiger charge is 2.18. The molecule has 0 atom stereocenters. The Morgan fingerprint density at radius 1 is 1.32 bits per heavy atom. The number of benzene rings is 1. The number of methoxy groups -OCH3 is 2. The molecule has 2 rings (SSSR count). The normalized spacial score (nSPS) is 9.91. The molecule has 6 nitrogen and oxygen atoms in total. The standard InChI is InChI=1S/C15H14N2O4S/c1-9-13(15(18)21-7-6-16)22-14(17-9)10-4-5-11(19-2)12(8-10)20-3/h4-5,8H,7H2,1-3H3. The number of esters is 1. The van der Waals surface area contributed by atoms with E-state index in [4.69, 9.17) is 19.5 Å². The first kappa shape index (κ1) is 15.8. The van der Waals surface area contributed by atoms with Crippen molar-refractivity contribution in [3.8, 4) is 28.1 Å². The zero-order valence-electron chi connectivity index (χ0n) is 12.4. The lowest BCUT2D eigenvalue weighted by Gasteiger charge is -2.08. The van der Waals surface area contributed by atoms with E-state index < -0.39 is 5.97 Å². The molecule has 0 aliphatic rings. The molecule has 0 saturated carbocycles. The fourth-order valence-corrected chi connectivity index (χ4v) is 2.80. The molecule has 1 heterocycles. The van der Waals surface area contributed by atoms with Gasteiger partial charge in [-0.3, -0.25) is 0 Å². The SMILES string of the molecule is COc1ccc(-c2nc(C)c(C(=O)OCC#N)s2)cc1OC. The van der Waals surface area contributed by atoms with Crippen molar-refractivity contribution in [2.45, 2.75) is 6.92 Å². The summed E-state index contributed by atoms with van der Waals surface area (Å²) in [6, 6.07) is 7.17. The van der Waals surface area contributed by atoms with E-state index in [-0.39, 0.29) is 6.61 Å². The molecule has 0 spiro atoms. The highest BCUT2D eigenvalue weighted by molar-refractivity contribution is 7.17. The number of hydrogen-bond donors (Lipinski definition) is 0. The zero-order chi connectivity index (χ0) is 16.1. The van der Waals surface area contributed by atoms with Crippen LogP contribution in [0, 0.1) is 18.3 Å². The van der Waals surface area contributed by atoms with Gasteiger partial charge in [-0.2, -0.15) is 5.26 Å². The van der Waals surface area contributed by atoms with Crippen molar-refractivity contribution < 1.29 is 19.0 Å². The smallest absolute Gasteiger partial charge is 0.351 e. The molecular formula is C15H14N2O4S. The summed E-state index contributed by atoms with van der Waals surface area (Å²) in [5, 5.41) is 9.13. The second-order valence-corrected chi connectivity index (χ2v) is 5.24. The molecule has 0 aliphatic heterocycles. The molecule has 0 fully saturated rings. The third kappa shape index (κ3) is 3.18. The molecule has 0 aliphatic carbocycles. The van der Waals surface area contributed by atoms with Crippen molar-refractivity contribution in [2.75, 3.05) is 20.8 Å². The molecule has 1 aromatic carbocycles. The zero-order valence-corrected chi connectivity index (χ0v) is 13.2. The molecular weight excluding hydrogens is 304 g/mol. The van der Waals surface area contributed by atoms with Gasteiger partial charge in [0.2, 0.25) is 0 Å². The van der Waals surface area contributed by atoms with Crippen LogP contribution in [-0.2, 0) is 4.74 Å². The van der Waals surface area contributed by atoms with Gasteiger partial charge in [0, 0.05) is 5.56 Å². The predicted molar refractivity (Wildman–Crippen MR) is 81.3 cm³/mol. The topological polar surface area (TPSA) is 81.4 Å². The van der Waals surface area contributed by atoms with Crippen molar-refractivity contribution in [3.05, 3.63) is 28.8 Å². The van der Waals surface area contributed by atoms with E-state index in [2.05, 4.69) is 4.98 Å². The van der Waals surface area contributed by atoms with E-state index >= 15 is 0 Å². The highest BCUT2D eigenvalue weighted by atomic mass is 32.1. The number of hydrogen-bond acceptors (Lipinski definition) is 7. The third-order valence-corrected chi connectivity index (χ3v) is 4.07. The maximum Gasteiger partial charge on any atom is 0.351 e. The molecule has 2 aromatic rings. The van der Waals surface area contributed by atoms with Crippen molar-refractivity contribution in [2.24, 2.45) is 0 Å². The molecule has 7 heteroatoms. The monoisotopic (exact) mass is 318 g/mol. The van der Waals surface area contributed by atoms with Crippen LogP contribution < -0.4 is 9.47 Å². The van der Waals surface area contributed by atoms with E-state index in [0.29, 0.717) is 27.1 Å². The number of nitrogens with zero attached hydrogens (tertiary/aromatic N) is 2. The number of carbonyl (C=O) groups excluding carboxylic acids is 1. The Kier molecular flexibility index (Phi) is 4.96. The van der Waals surface area contributed by atoms with Crippen LogP contribution in [0.25, 0.3) is 10.6 Å². The first-order chi connectivity index (χ1) is 10.6. The van der Waals surface area contributed by atoms with Crippen LogP contribution in [0.2, 0.25) is 0 Å². The second-order valence-electron chi connectivity index (χ2n) is 4.24. The molecule has 0 bridgehead atoms. The lowest BCUT2D eigenvalue weighted by Crippen LogP contribution is -2.04. The Hall–Kier alpha value is -2.59. The molecule has 0 amide bonds. The number of aromatic nitrogens is 1. The van der Waals surface area contributed by atoms with E-state index in [9.17, 15) is 4.79 Å². The van der Waals surface area contributed by atoms with Gasteiger partial charge in [0.1, 0.15) is 16.0 Å². The number of rotatable bonds is 5. The van der Waals surface area contributed by atoms with Gasteiger partial charge in [0.25, 0.3) is 0 Å². The number of carbonyl (C=O) groups is 1. The quantitative estimate of drug-likeness (QED) is 0.788. The molecule has 1 aromatic heterocycles. The fourth-order valence-electron chi connectivity index (χ4n) is 1.84. The number of nitriles is 1. The van der Waals surface area contributed by atoms with Gasteiger partial charge in [-0.05, 0) is 25.1 Å². The average Bonchev–Trinajstić information content (AvgIpc) is 2.93. The summed E-state index contributed by atoms with van der Waals surface area (Å²) < 4.78 is 15.3. The van der Waals surface area contributed by atoms with Gasteiger partial charge in [0.15, 0.2) is 18.1 Å². The van der Waals surface area contributed by atoms with Gasteiger partial charge < -0.3 is 14.2 Å². The minimum absolute atomic E-state index is 0.276. The van der Waals surface area contributed by atoms with Gasteiger partial charge in [-0.15, -0.1) is 11.3 Å². The van der Waals surface area contributed by atoms with Gasteiger partial charge in [0.05, 0.1) is 19.9 Å². The van der Waals surface area contributed by atoms with Crippen LogP contribution in [0.1, 0.15) is 15.4 Å². The second kappa shape index (κ2) is 6.91. The molecule has 0 N–H and O–H groups in total. The molecule has 0 saturated heterocycles. The fraction of sp³-hybridized carbons (Fsp3) is 0.267. The number of ether oxygens (including phenoxy) is 3. The van der Waals surface area contributed by atoms with Crippen LogP contribution in [0.15, 0.2) is 18.2 Å². The van der Waals surface area contributed by atoms with Crippen molar-refractivity contribution in [3.63, 3.8) is 0 Å². The Bertz CT molecular complexity index is 734. The summed E-state index contributed by atoms with van der Waals surface area (Å²) in [6.45, 7) is 1.45. The van der Waals surface area contributed by atoms with E-state index in [1.54, 1.807) is 39.3 Å². The van der Waals surface area contributed by atoms with Gasteiger partial charge >= 0.3 is 5.97 Å². The first-order valence-electron chi connectivity index (χ1n) is 6.34. The number of aryl methyl sites for hydroxylation is 1. The van der Waals surface area contributed by atoms with Crippen LogP contribution in [0.4, 0.5) is 0 Å². The van der Waals surface area contributed by atoms with E-state index in [0.717, 1.165) is 5.56 Å². The largest absolute Gasteiger partial charge is 0.493 e. The van der Waals surface area contributed by atoms with Crippen molar-refractivity contribution in [1.82, 2.24) is 4.98 Å². The van der Waals surface area contributed by atoms with Crippen LogP contribution in [0.3, 0.4) is 0 Å². The summed E-state index contributed by atoms with van der Waals surface area (Å²) in [7, 11) is 3.12. The van der Waals surface area contributed by atoms with Gasteiger partial charge in [-0.1, -0.05) is 0 Å². The number of thiazole rings is 1. The van der Waals surface area contributed by atoms with E-state index in [1.165, 1.54) is 11.3 Å². The van der Waals surface area contributed by atoms with Crippen molar-refractivity contribution in [1.29, 1.82) is 5.26 Å². The summed E-state index contributed by atoms with van der Waals surface area (Å²) in [5.74, 6) is 0.665. The first-order valence-corrected chi connectivity index (χ1v) is 7.16. The summed E-state index contributed by atoms with van der Waals surface area (Å²) in [4.78, 5) is 16.6. The minimum Gasteiger partial charge on any atom is -0.493 e. The van der Waals surface area contributed by atoms with Crippen LogP contribution in [-0.4, -0.2) is 31.8 Å². The van der Waals surface area contributed by atoms with Crippen LogP contribution >= 0.6 is 11.3 Å². The highest BCUT2D eigenvalue weighted by Crippen LogP contribution is 2.35. The summed E-state index contributed by atoms with van der Waals surface area (Å²) >= 11 is 1.21. The van der Waals surface area contributed by atoms with Crippen LogP contribution in [0.5, 0.6) is 11.5 Å². The average molecular weight is 318 g/mol. The molecule has 0 unspecified atom stereocenters. The summed E-state index contributed by atoms with van der Waals surface area (Å²) in [6.07, 6.45) is 0. The van der Waals surface area contributed by atoms with E-state index in [1.807, 2.05) is 6.07 Å². The third-order valence-electron chi connectivity index (χ3n) is 2.88. The predicted octanol–water partition coefficient (Wildman–Crippen LogP) is 2.82. The van der Waals surface area contributed by atoms with Crippen molar-refractivity contribution >= 4 is 17.3 Å². The molecule has 0 radical (unpaired) electrons. The maximum atomic E-state index is 11.8.